The second-order valence-corrected chi connectivity index (χ2v) is 3.85. The lowest BCUT2D eigenvalue weighted by atomic mass is 10.2. The topological polar surface area (TPSA) is 34.0 Å². The van der Waals surface area contributed by atoms with E-state index in [9.17, 15) is 13.2 Å². The summed E-state index contributed by atoms with van der Waals surface area (Å²) in [5, 5.41) is 6.79. The summed E-state index contributed by atoms with van der Waals surface area (Å²) in [5.74, 6) is -0.512. The van der Waals surface area contributed by atoms with Crippen LogP contribution in [0.25, 0.3) is 0 Å². The maximum atomic E-state index is 12.5. The number of hydrogen-bond acceptors (Lipinski definition) is 3. The van der Waals surface area contributed by atoms with E-state index >= 15 is 0 Å². The quantitative estimate of drug-likeness (QED) is 0.708. The van der Waals surface area contributed by atoms with Crippen LogP contribution in [-0.4, -0.2) is 33.3 Å². The van der Waals surface area contributed by atoms with E-state index in [-0.39, 0.29) is 6.04 Å². The van der Waals surface area contributed by atoms with Gasteiger partial charge in [-0.3, -0.25) is 4.90 Å². The Hall–Kier alpha value is -1.11. The zero-order valence-corrected chi connectivity index (χ0v) is 10.4. The fourth-order valence-electron chi connectivity index (χ4n) is 1.93. The molecule has 0 saturated heterocycles. The molecule has 0 fully saturated rings. The van der Waals surface area contributed by atoms with Gasteiger partial charge in [-0.05, 0) is 14.0 Å². The molecule has 0 N–H and O–H groups in total. The van der Waals surface area contributed by atoms with Crippen LogP contribution in [0.1, 0.15) is 38.5 Å². The van der Waals surface area contributed by atoms with Gasteiger partial charge < -0.3 is 4.57 Å². The Bertz CT molecular complexity index is 372. The van der Waals surface area contributed by atoms with E-state index in [1.807, 2.05) is 25.8 Å². The standard InChI is InChI=1S/C8H11F3N4.C2H6/c1-5-3-14(2)4-6-12-13-7(15(5)6)8(9,10)11;1-2/h5H,3-4H2,1-2H3;1-2H3. The first-order valence-electron chi connectivity index (χ1n) is 5.59. The van der Waals surface area contributed by atoms with Gasteiger partial charge in [0, 0.05) is 12.6 Å². The van der Waals surface area contributed by atoms with E-state index in [4.69, 9.17) is 0 Å². The molecule has 0 radical (unpaired) electrons. The maximum absolute atomic E-state index is 12.5. The summed E-state index contributed by atoms with van der Waals surface area (Å²) in [6, 6.07) is -0.245. The average Bonchev–Trinajstić information content (AvgIpc) is 2.63. The fourth-order valence-corrected chi connectivity index (χ4v) is 1.93. The Labute approximate surface area is 98.4 Å². The molecule has 17 heavy (non-hydrogen) atoms. The molecule has 1 unspecified atom stereocenters. The highest BCUT2D eigenvalue weighted by molar-refractivity contribution is 5.04. The minimum Gasteiger partial charge on any atom is -0.302 e. The maximum Gasteiger partial charge on any atom is 0.451 e. The van der Waals surface area contributed by atoms with Gasteiger partial charge in [-0.2, -0.15) is 13.2 Å². The van der Waals surface area contributed by atoms with Crippen molar-refractivity contribution in [3.63, 3.8) is 0 Å². The van der Waals surface area contributed by atoms with Gasteiger partial charge in [0.25, 0.3) is 0 Å². The number of likely N-dealkylation sites (N-methyl/N-ethyl adjacent to an activating group) is 1. The Morgan fingerprint density at radius 2 is 1.82 bits per heavy atom. The number of hydrogen-bond donors (Lipinski definition) is 0. The van der Waals surface area contributed by atoms with Crippen molar-refractivity contribution in [2.75, 3.05) is 13.6 Å². The van der Waals surface area contributed by atoms with Gasteiger partial charge in [0.1, 0.15) is 5.82 Å². The third-order valence-corrected chi connectivity index (χ3v) is 2.45. The van der Waals surface area contributed by atoms with Crippen LogP contribution in [0.2, 0.25) is 0 Å². The number of rotatable bonds is 0. The molecule has 0 spiro atoms. The van der Waals surface area contributed by atoms with Gasteiger partial charge in [0.2, 0.25) is 5.82 Å². The van der Waals surface area contributed by atoms with E-state index in [0.29, 0.717) is 18.9 Å². The van der Waals surface area contributed by atoms with E-state index in [1.165, 1.54) is 4.57 Å². The first kappa shape index (κ1) is 14.0. The van der Waals surface area contributed by atoms with E-state index in [0.717, 1.165) is 0 Å². The van der Waals surface area contributed by atoms with Crippen LogP contribution in [0.5, 0.6) is 0 Å². The first-order chi connectivity index (χ1) is 7.89. The zero-order valence-electron chi connectivity index (χ0n) is 10.4. The molecule has 1 aliphatic heterocycles. The lowest BCUT2D eigenvalue weighted by Crippen LogP contribution is -2.35. The molecule has 7 heteroatoms. The predicted molar refractivity (Wildman–Crippen MR) is 57.4 cm³/mol. The SMILES string of the molecule is CC.CC1CN(C)Cc2nnc(C(F)(F)F)n21. The van der Waals surface area contributed by atoms with Gasteiger partial charge in [-0.25, -0.2) is 0 Å². The highest BCUT2D eigenvalue weighted by Crippen LogP contribution is 2.32. The minimum absolute atomic E-state index is 0.245. The molecule has 0 amide bonds. The van der Waals surface area contributed by atoms with Crippen molar-refractivity contribution >= 4 is 0 Å². The van der Waals surface area contributed by atoms with Crippen LogP contribution in [-0.2, 0) is 12.7 Å². The molecule has 1 aromatic rings. The highest BCUT2D eigenvalue weighted by atomic mass is 19.4. The molecule has 0 bridgehead atoms. The summed E-state index contributed by atoms with van der Waals surface area (Å²) in [5.41, 5.74) is 0. The van der Waals surface area contributed by atoms with E-state index in [1.54, 1.807) is 6.92 Å². The Morgan fingerprint density at radius 1 is 1.24 bits per heavy atom. The van der Waals surface area contributed by atoms with Crippen LogP contribution in [0.15, 0.2) is 0 Å². The Kier molecular flexibility index (Phi) is 4.13. The normalized spacial score (nSPS) is 20.5. The van der Waals surface area contributed by atoms with Crippen molar-refractivity contribution in [1.29, 1.82) is 0 Å². The molecule has 0 saturated carbocycles. The number of aromatic nitrogens is 3. The molecule has 0 aromatic carbocycles. The second-order valence-electron chi connectivity index (χ2n) is 3.85. The number of alkyl halides is 3. The second kappa shape index (κ2) is 5.03. The van der Waals surface area contributed by atoms with Crippen molar-refractivity contribution in [3.8, 4) is 0 Å². The van der Waals surface area contributed by atoms with Gasteiger partial charge in [0.15, 0.2) is 0 Å². The number of nitrogens with zero attached hydrogens (tertiary/aromatic N) is 4. The zero-order chi connectivity index (χ0) is 13.2. The summed E-state index contributed by atoms with van der Waals surface area (Å²) in [7, 11) is 1.85. The van der Waals surface area contributed by atoms with Crippen LogP contribution < -0.4 is 0 Å². The molecule has 2 rings (SSSR count). The molecule has 2 heterocycles. The van der Waals surface area contributed by atoms with E-state index < -0.39 is 12.0 Å². The molecule has 0 aliphatic carbocycles. The van der Waals surface area contributed by atoms with Crippen LogP contribution in [0, 0.1) is 0 Å². The highest BCUT2D eigenvalue weighted by Gasteiger charge is 2.40. The minimum atomic E-state index is -4.42. The number of fused-ring (bicyclic) bond motifs is 1. The van der Waals surface area contributed by atoms with Crippen LogP contribution in [0.4, 0.5) is 13.2 Å². The molecule has 1 aliphatic rings. The summed E-state index contributed by atoms with van der Waals surface area (Å²) < 4.78 is 38.8. The smallest absolute Gasteiger partial charge is 0.302 e. The lowest BCUT2D eigenvalue weighted by Gasteiger charge is -2.29. The molecular weight excluding hydrogens is 233 g/mol. The summed E-state index contributed by atoms with van der Waals surface area (Å²) >= 11 is 0. The number of halogens is 3. The van der Waals surface area contributed by atoms with Gasteiger partial charge in [-0.15, -0.1) is 10.2 Å². The summed E-state index contributed by atoms with van der Waals surface area (Å²) in [6.07, 6.45) is -4.42. The van der Waals surface area contributed by atoms with Crippen LogP contribution in [0.3, 0.4) is 0 Å². The lowest BCUT2D eigenvalue weighted by molar-refractivity contribution is -0.148. The van der Waals surface area contributed by atoms with Crippen molar-refractivity contribution in [3.05, 3.63) is 11.6 Å². The first-order valence-corrected chi connectivity index (χ1v) is 5.59. The largest absolute Gasteiger partial charge is 0.451 e. The molecule has 1 atom stereocenters. The van der Waals surface area contributed by atoms with Gasteiger partial charge in [-0.1, -0.05) is 13.8 Å². The predicted octanol–water partition coefficient (Wildman–Crippen LogP) is 2.33. The van der Waals surface area contributed by atoms with E-state index in [2.05, 4.69) is 10.2 Å². The average molecular weight is 250 g/mol. The molecule has 98 valence electrons. The molecule has 4 nitrogen and oxygen atoms in total. The summed E-state index contributed by atoms with van der Waals surface area (Å²) in [4.78, 5) is 1.93. The summed E-state index contributed by atoms with van der Waals surface area (Å²) in [6.45, 7) is 6.72. The third kappa shape index (κ3) is 2.77. The van der Waals surface area contributed by atoms with Crippen molar-refractivity contribution in [1.82, 2.24) is 19.7 Å². The van der Waals surface area contributed by atoms with Crippen molar-refractivity contribution in [2.24, 2.45) is 0 Å². The molecular formula is C10H17F3N4. The van der Waals surface area contributed by atoms with Crippen LogP contribution >= 0.6 is 0 Å². The van der Waals surface area contributed by atoms with Crippen molar-refractivity contribution in [2.45, 2.75) is 39.5 Å². The third-order valence-electron chi connectivity index (χ3n) is 2.45. The Balaban J connectivity index is 0.000000686. The molecule has 1 aromatic heterocycles. The fraction of sp³-hybridized carbons (Fsp3) is 0.800. The van der Waals surface area contributed by atoms with Gasteiger partial charge >= 0.3 is 6.18 Å². The monoisotopic (exact) mass is 250 g/mol. The van der Waals surface area contributed by atoms with Gasteiger partial charge in [0.05, 0.1) is 6.54 Å². The Morgan fingerprint density at radius 3 is 2.35 bits per heavy atom. The van der Waals surface area contributed by atoms with Crippen molar-refractivity contribution < 1.29 is 13.2 Å².